The van der Waals surface area contributed by atoms with Crippen LogP contribution in [0.3, 0.4) is 0 Å². The molecule has 3 aromatic rings. The summed E-state index contributed by atoms with van der Waals surface area (Å²) in [5.41, 5.74) is 5.59. The Morgan fingerprint density at radius 2 is 1.65 bits per heavy atom. The quantitative estimate of drug-likeness (QED) is 0.642. The SMILES string of the molecule is CN(C(=O)C1CC1)c1ccccc1C(=O)Nc1ccc(N2CCc3ccccc32)cc1. The van der Waals surface area contributed by atoms with Crippen LogP contribution in [0.2, 0.25) is 0 Å². The monoisotopic (exact) mass is 411 g/mol. The van der Waals surface area contributed by atoms with E-state index in [1.54, 1.807) is 18.0 Å². The number of nitrogens with one attached hydrogen (secondary N) is 1. The number of carbonyl (C=O) groups is 2. The standard InChI is InChI=1S/C26H25N3O2/c1-28(26(31)19-10-11-19)24-9-5-3-7-22(24)25(30)27-20-12-14-21(15-13-20)29-17-16-18-6-2-4-8-23(18)29/h2-9,12-15,19H,10-11,16-17H2,1H3,(H,27,30). The number of hydrogen-bond donors (Lipinski definition) is 1. The van der Waals surface area contributed by atoms with Crippen molar-refractivity contribution in [3.8, 4) is 0 Å². The molecule has 0 radical (unpaired) electrons. The second kappa shape index (κ2) is 7.91. The van der Waals surface area contributed by atoms with E-state index in [1.807, 2.05) is 42.5 Å². The maximum absolute atomic E-state index is 13.0. The van der Waals surface area contributed by atoms with Crippen LogP contribution >= 0.6 is 0 Å². The van der Waals surface area contributed by atoms with Crippen LogP contribution in [0.4, 0.5) is 22.7 Å². The predicted octanol–water partition coefficient (Wildman–Crippen LogP) is 5.01. The van der Waals surface area contributed by atoms with Crippen molar-refractivity contribution in [1.82, 2.24) is 0 Å². The summed E-state index contributed by atoms with van der Waals surface area (Å²) in [6.45, 7) is 0.958. The first-order chi connectivity index (χ1) is 15.1. The molecule has 1 aliphatic carbocycles. The minimum atomic E-state index is -0.217. The molecular weight excluding hydrogens is 386 g/mol. The lowest BCUT2D eigenvalue weighted by atomic mass is 10.1. The lowest BCUT2D eigenvalue weighted by molar-refractivity contribution is -0.119. The van der Waals surface area contributed by atoms with E-state index in [2.05, 4.69) is 34.5 Å². The third-order valence-corrected chi connectivity index (χ3v) is 6.09. The molecule has 3 aromatic carbocycles. The summed E-state index contributed by atoms with van der Waals surface area (Å²) in [4.78, 5) is 29.4. The molecule has 0 bridgehead atoms. The molecule has 5 nitrogen and oxygen atoms in total. The first-order valence-electron chi connectivity index (χ1n) is 10.8. The van der Waals surface area contributed by atoms with Gasteiger partial charge >= 0.3 is 0 Å². The van der Waals surface area contributed by atoms with Crippen LogP contribution in [0.25, 0.3) is 0 Å². The van der Waals surface area contributed by atoms with E-state index in [1.165, 1.54) is 11.3 Å². The van der Waals surface area contributed by atoms with Gasteiger partial charge in [-0.05, 0) is 67.3 Å². The van der Waals surface area contributed by atoms with E-state index in [9.17, 15) is 9.59 Å². The summed E-state index contributed by atoms with van der Waals surface area (Å²) in [5, 5.41) is 2.98. The van der Waals surface area contributed by atoms with E-state index < -0.39 is 0 Å². The van der Waals surface area contributed by atoms with Crippen LogP contribution in [-0.2, 0) is 11.2 Å². The van der Waals surface area contributed by atoms with Crippen molar-refractivity contribution in [2.45, 2.75) is 19.3 Å². The van der Waals surface area contributed by atoms with Crippen LogP contribution in [-0.4, -0.2) is 25.4 Å². The number of benzene rings is 3. The Balaban J connectivity index is 1.32. The van der Waals surface area contributed by atoms with Gasteiger partial charge in [0.2, 0.25) is 5.91 Å². The van der Waals surface area contributed by atoms with E-state index in [-0.39, 0.29) is 17.7 Å². The molecule has 156 valence electrons. The van der Waals surface area contributed by atoms with E-state index in [4.69, 9.17) is 0 Å². The van der Waals surface area contributed by atoms with Crippen molar-refractivity contribution < 1.29 is 9.59 Å². The number of fused-ring (bicyclic) bond motifs is 1. The lowest BCUT2D eigenvalue weighted by Gasteiger charge is -2.21. The van der Waals surface area contributed by atoms with Crippen molar-refractivity contribution in [3.05, 3.63) is 83.9 Å². The zero-order valence-electron chi connectivity index (χ0n) is 17.5. The first kappa shape index (κ1) is 19.4. The Kier molecular flexibility index (Phi) is 4.94. The number of amides is 2. The second-order valence-electron chi connectivity index (χ2n) is 8.22. The molecule has 5 heteroatoms. The van der Waals surface area contributed by atoms with Crippen molar-refractivity contribution in [1.29, 1.82) is 0 Å². The Bertz CT molecular complexity index is 1140. The highest BCUT2D eigenvalue weighted by Crippen LogP contribution is 2.35. The van der Waals surface area contributed by atoms with Gasteiger partial charge < -0.3 is 15.1 Å². The Morgan fingerprint density at radius 1 is 0.935 bits per heavy atom. The normalized spacial score (nSPS) is 14.8. The van der Waals surface area contributed by atoms with Crippen molar-refractivity contribution in [2.24, 2.45) is 5.92 Å². The van der Waals surface area contributed by atoms with Crippen LogP contribution in [0.1, 0.15) is 28.8 Å². The zero-order valence-corrected chi connectivity index (χ0v) is 17.5. The number of para-hydroxylation sites is 2. The van der Waals surface area contributed by atoms with Gasteiger partial charge in [-0.25, -0.2) is 0 Å². The van der Waals surface area contributed by atoms with Gasteiger partial charge in [0.25, 0.3) is 5.91 Å². The minimum Gasteiger partial charge on any atom is -0.341 e. The summed E-state index contributed by atoms with van der Waals surface area (Å²) in [6.07, 6.45) is 2.91. The maximum atomic E-state index is 13.0. The van der Waals surface area contributed by atoms with E-state index in [0.29, 0.717) is 11.3 Å². The van der Waals surface area contributed by atoms with Crippen LogP contribution in [0.15, 0.2) is 72.8 Å². The smallest absolute Gasteiger partial charge is 0.257 e. The maximum Gasteiger partial charge on any atom is 0.257 e. The van der Waals surface area contributed by atoms with Gasteiger partial charge in [0.1, 0.15) is 0 Å². The predicted molar refractivity (Wildman–Crippen MR) is 124 cm³/mol. The van der Waals surface area contributed by atoms with E-state index in [0.717, 1.165) is 37.2 Å². The molecule has 0 saturated heterocycles. The molecular formula is C26H25N3O2. The highest BCUT2D eigenvalue weighted by atomic mass is 16.2. The molecule has 0 spiro atoms. The van der Waals surface area contributed by atoms with Gasteiger partial charge in [0.05, 0.1) is 11.3 Å². The van der Waals surface area contributed by atoms with Gasteiger partial charge in [-0.15, -0.1) is 0 Å². The average Bonchev–Trinajstić information content (AvgIpc) is 3.57. The number of hydrogen-bond acceptors (Lipinski definition) is 3. The van der Waals surface area contributed by atoms with Crippen LogP contribution in [0.5, 0.6) is 0 Å². The second-order valence-corrected chi connectivity index (χ2v) is 8.22. The summed E-state index contributed by atoms with van der Waals surface area (Å²) in [5.74, 6) is -0.0369. The van der Waals surface area contributed by atoms with Gasteiger partial charge in [0.15, 0.2) is 0 Å². The highest BCUT2D eigenvalue weighted by Gasteiger charge is 2.33. The molecule has 0 unspecified atom stereocenters. The highest BCUT2D eigenvalue weighted by molar-refractivity contribution is 6.11. The largest absolute Gasteiger partial charge is 0.341 e. The summed E-state index contributed by atoms with van der Waals surface area (Å²) >= 11 is 0. The first-order valence-corrected chi connectivity index (χ1v) is 10.8. The third-order valence-electron chi connectivity index (χ3n) is 6.09. The van der Waals surface area contributed by atoms with Crippen LogP contribution in [0, 0.1) is 5.92 Å². The number of nitrogens with zero attached hydrogens (tertiary/aromatic N) is 2. The van der Waals surface area contributed by atoms with E-state index >= 15 is 0 Å². The fraction of sp³-hybridized carbons (Fsp3) is 0.231. The molecule has 1 heterocycles. The zero-order chi connectivity index (χ0) is 21.4. The molecule has 0 atom stereocenters. The van der Waals surface area contributed by atoms with Gasteiger partial charge in [-0.1, -0.05) is 30.3 Å². The molecule has 31 heavy (non-hydrogen) atoms. The molecule has 2 aliphatic rings. The summed E-state index contributed by atoms with van der Waals surface area (Å²) in [6, 6.07) is 23.6. The number of rotatable bonds is 5. The van der Waals surface area contributed by atoms with Gasteiger partial charge in [0, 0.05) is 36.6 Å². The average molecular weight is 412 g/mol. The Labute approximate surface area is 182 Å². The Morgan fingerprint density at radius 3 is 2.42 bits per heavy atom. The molecule has 1 saturated carbocycles. The molecule has 1 fully saturated rings. The Hall–Kier alpha value is -3.60. The third kappa shape index (κ3) is 3.79. The van der Waals surface area contributed by atoms with Gasteiger partial charge in [-0.3, -0.25) is 9.59 Å². The molecule has 2 amide bonds. The fourth-order valence-electron chi connectivity index (χ4n) is 4.21. The lowest BCUT2D eigenvalue weighted by Crippen LogP contribution is -2.29. The summed E-state index contributed by atoms with van der Waals surface area (Å²) < 4.78 is 0. The molecule has 1 aliphatic heterocycles. The topological polar surface area (TPSA) is 52.7 Å². The summed E-state index contributed by atoms with van der Waals surface area (Å²) in [7, 11) is 1.75. The number of carbonyl (C=O) groups excluding carboxylic acids is 2. The minimum absolute atomic E-state index is 0.0792. The fourth-order valence-corrected chi connectivity index (χ4v) is 4.21. The van der Waals surface area contributed by atoms with Gasteiger partial charge in [-0.2, -0.15) is 0 Å². The van der Waals surface area contributed by atoms with Crippen LogP contribution < -0.4 is 15.1 Å². The van der Waals surface area contributed by atoms with Crippen molar-refractivity contribution in [2.75, 3.05) is 28.7 Å². The molecule has 5 rings (SSSR count). The van der Waals surface area contributed by atoms with Crippen molar-refractivity contribution >= 4 is 34.6 Å². The number of anilines is 4. The molecule has 1 N–H and O–H groups in total. The molecule has 0 aromatic heterocycles. The van der Waals surface area contributed by atoms with Crippen molar-refractivity contribution in [3.63, 3.8) is 0 Å².